The molecular formula is C23H27N5O2S. The number of rotatable bonds is 6. The maximum Gasteiger partial charge on any atom is 0.267 e. The molecule has 1 atom stereocenters. The summed E-state index contributed by atoms with van der Waals surface area (Å²) in [6.45, 7) is 1.69. The number of thiazole rings is 1. The molecule has 8 heteroatoms. The number of hydrogen-bond donors (Lipinski definition) is 1. The van der Waals surface area contributed by atoms with Crippen LogP contribution < -0.4 is 10.9 Å². The highest BCUT2D eigenvalue weighted by Gasteiger charge is 2.25. The quantitative estimate of drug-likeness (QED) is 0.630. The molecule has 7 nitrogen and oxygen atoms in total. The van der Waals surface area contributed by atoms with E-state index in [1.807, 2.05) is 18.3 Å². The molecule has 1 N–H and O–H groups in total. The Morgan fingerprint density at radius 3 is 2.81 bits per heavy atom. The summed E-state index contributed by atoms with van der Waals surface area (Å²) in [7, 11) is 0. The van der Waals surface area contributed by atoms with Gasteiger partial charge in [-0.1, -0.05) is 0 Å². The van der Waals surface area contributed by atoms with Gasteiger partial charge in [-0.3, -0.25) is 9.78 Å². The Kier molecular flexibility index (Phi) is 6.20. The normalized spacial score (nSPS) is 23.8. The molecule has 0 amide bonds. The van der Waals surface area contributed by atoms with Crippen molar-refractivity contribution in [3.63, 3.8) is 0 Å². The second-order valence-electron chi connectivity index (χ2n) is 8.30. The van der Waals surface area contributed by atoms with Crippen LogP contribution in [0.2, 0.25) is 0 Å². The van der Waals surface area contributed by atoms with E-state index in [0.717, 1.165) is 67.9 Å². The molecule has 1 aliphatic carbocycles. The van der Waals surface area contributed by atoms with Crippen LogP contribution in [0.4, 0.5) is 0 Å². The highest BCUT2D eigenvalue weighted by atomic mass is 32.1. The Hall–Kier alpha value is -2.42. The predicted molar refractivity (Wildman–Crippen MR) is 120 cm³/mol. The van der Waals surface area contributed by atoms with Gasteiger partial charge in [0, 0.05) is 54.3 Å². The maximum atomic E-state index is 12.5. The zero-order valence-electron chi connectivity index (χ0n) is 17.4. The summed E-state index contributed by atoms with van der Waals surface area (Å²) < 4.78 is 7.41. The average molecular weight is 438 g/mol. The Morgan fingerprint density at radius 2 is 2.03 bits per heavy atom. The molecular weight excluding hydrogens is 410 g/mol. The number of nitrogens with zero attached hydrogens (tertiary/aromatic N) is 4. The summed E-state index contributed by atoms with van der Waals surface area (Å²) in [6.07, 6.45) is 11.9. The molecule has 3 aromatic heterocycles. The summed E-state index contributed by atoms with van der Waals surface area (Å²) in [6, 6.07) is 7.86. The van der Waals surface area contributed by atoms with Crippen molar-refractivity contribution in [1.29, 1.82) is 0 Å². The standard InChI is InChI=1S/C23H27N5O2S/c29-22-10-9-20(16-3-1-11-24-13-16)27-28(22)18-7-5-17(6-8-18)25-14-19-15-26-23(31-19)21-4-2-12-30-21/h1,3,9-11,13,15,17-18,21,25H,2,4-8,12,14H2. The van der Waals surface area contributed by atoms with Gasteiger partial charge in [0.2, 0.25) is 0 Å². The molecule has 2 aliphatic rings. The number of pyridine rings is 1. The van der Waals surface area contributed by atoms with Gasteiger partial charge in [-0.2, -0.15) is 5.10 Å². The third-order valence-electron chi connectivity index (χ3n) is 6.17. The van der Waals surface area contributed by atoms with Crippen LogP contribution in [0.5, 0.6) is 0 Å². The van der Waals surface area contributed by atoms with E-state index in [9.17, 15) is 4.79 Å². The Balaban J connectivity index is 1.17. The van der Waals surface area contributed by atoms with Crippen LogP contribution in [0.3, 0.4) is 0 Å². The van der Waals surface area contributed by atoms with Crippen LogP contribution in [0.25, 0.3) is 11.3 Å². The monoisotopic (exact) mass is 437 g/mol. The van der Waals surface area contributed by atoms with Gasteiger partial charge in [0.25, 0.3) is 5.56 Å². The molecule has 1 aliphatic heterocycles. The molecule has 31 heavy (non-hydrogen) atoms. The average Bonchev–Trinajstić information content (AvgIpc) is 3.51. The number of aromatic nitrogens is 4. The van der Waals surface area contributed by atoms with Gasteiger partial charge >= 0.3 is 0 Å². The van der Waals surface area contributed by atoms with Gasteiger partial charge in [-0.15, -0.1) is 11.3 Å². The SMILES string of the molecule is O=c1ccc(-c2cccnc2)nn1C1CCC(NCc2cnc(C3CCCO3)s2)CC1. The predicted octanol–water partition coefficient (Wildman–Crippen LogP) is 3.89. The van der Waals surface area contributed by atoms with Gasteiger partial charge in [-0.05, 0) is 56.7 Å². The second-order valence-corrected chi connectivity index (χ2v) is 9.44. The fourth-order valence-corrected chi connectivity index (χ4v) is 5.40. The fraction of sp³-hybridized carbons (Fsp3) is 0.478. The van der Waals surface area contributed by atoms with Crippen molar-refractivity contribution in [3.8, 4) is 11.3 Å². The minimum Gasteiger partial charge on any atom is -0.371 e. The number of nitrogens with one attached hydrogen (secondary N) is 1. The van der Waals surface area contributed by atoms with Crippen molar-refractivity contribution in [3.05, 3.63) is 63.1 Å². The minimum absolute atomic E-state index is 0.0321. The molecule has 0 bridgehead atoms. The molecule has 1 unspecified atom stereocenters. The first-order valence-electron chi connectivity index (χ1n) is 11.1. The number of ether oxygens (including phenoxy) is 1. The van der Waals surface area contributed by atoms with Gasteiger partial charge in [0.15, 0.2) is 0 Å². The Bertz CT molecular complexity index is 1050. The lowest BCUT2D eigenvalue weighted by Gasteiger charge is -2.29. The molecule has 5 rings (SSSR count). The van der Waals surface area contributed by atoms with Crippen molar-refractivity contribution in [2.45, 2.75) is 63.3 Å². The minimum atomic E-state index is -0.0321. The zero-order chi connectivity index (χ0) is 21.0. The first kappa shape index (κ1) is 20.5. The van der Waals surface area contributed by atoms with E-state index in [0.29, 0.717) is 6.04 Å². The van der Waals surface area contributed by atoms with Gasteiger partial charge in [0.05, 0.1) is 11.7 Å². The van der Waals surface area contributed by atoms with Gasteiger partial charge < -0.3 is 10.1 Å². The fourth-order valence-electron chi connectivity index (χ4n) is 4.45. The summed E-state index contributed by atoms with van der Waals surface area (Å²) in [5.74, 6) is 0. The van der Waals surface area contributed by atoms with E-state index >= 15 is 0 Å². The lowest BCUT2D eigenvalue weighted by molar-refractivity contribution is 0.111. The van der Waals surface area contributed by atoms with Gasteiger partial charge in [-0.25, -0.2) is 9.67 Å². The molecule has 3 aromatic rings. The molecule has 0 spiro atoms. The third kappa shape index (κ3) is 4.76. The molecule has 162 valence electrons. The largest absolute Gasteiger partial charge is 0.371 e. The maximum absolute atomic E-state index is 12.5. The van der Waals surface area contributed by atoms with Crippen molar-refractivity contribution in [1.82, 2.24) is 25.1 Å². The van der Waals surface area contributed by atoms with Crippen LogP contribution in [0, 0.1) is 0 Å². The molecule has 0 aromatic carbocycles. The summed E-state index contributed by atoms with van der Waals surface area (Å²) in [4.78, 5) is 22.4. The van der Waals surface area contributed by atoms with E-state index in [2.05, 4.69) is 20.4 Å². The number of hydrogen-bond acceptors (Lipinski definition) is 7. The van der Waals surface area contributed by atoms with Crippen molar-refractivity contribution in [2.75, 3.05) is 6.61 Å². The van der Waals surface area contributed by atoms with Crippen LogP contribution in [-0.2, 0) is 11.3 Å². The lowest BCUT2D eigenvalue weighted by Crippen LogP contribution is -2.36. The van der Waals surface area contributed by atoms with Crippen molar-refractivity contribution >= 4 is 11.3 Å². The van der Waals surface area contributed by atoms with Gasteiger partial charge in [0.1, 0.15) is 11.1 Å². The molecule has 2 fully saturated rings. The second kappa shape index (κ2) is 9.38. The van der Waals surface area contributed by atoms with Crippen LogP contribution in [0.1, 0.15) is 60.6 Å². The van der Waals surface area contributed by atoms with E-state index < -0.39 is 0 Å². The van der Waals surface area contributed by atoms with Crippen molar-refractivity contribution in [2.24, 2.45) is 0 Å². The van der Waals surface area contributed by atoms with Crippen LogP contribution >= 0.6 is 11.3 Å². The topological polar surface area (TPSA) is 81.9 Å². The van der Waals surface area contributed by atoms with Crippen molar-refractivity contribution < 1.29 is 4.74 Å². The molecule has 1 saturated carbocycles. The highest BCUT2D eigenvalue weighted by molar-refractivity contribution is 7.11. The summed E-state index contributed by atoms with van der Waals surface area (Å²) >= 11 is 1.76. The van der Waals surface area contributed by atoms with Crippen LogP contribution in [0.15, 0.2) is 47.7 Å². The van der Waals surface area contributed by atoms with E-state index in [4.69, 9.17) is 4.74 Å². The summed E-state index contributed by atoms with van der Waals surface area (Å²) in [5.41, 5.74) is 1.69. The molecule has 1 saturated heterocycles. The van der Waals surface area contributed by atoms with E-state index in [1.165, 1.54) is 4.88 Å². The van der Waals surface area contributed by atoms with E-state index in [1.54, 1.807) is 40.5 Å². The van der Waals surface area contributed by atoms with Crippen LogP contribution in [-0.4, -0.2) is 32.4 Å². The Morgan fingerprint density at radius 1 is 1.13 bits per heavy atom. The molecule has 4 heterocycles. The zero-order valence-corrected chi connectivity index (χ0v) is 18.3. The van der Waals surface area contributed by atoms with E-state index in [-0.39, 0.29) is 17.7 Å². The Labute approximate surface area is 185 Å². The third-order valence-corrected chi connectivity index (χ3v) is 7.26. The highest BCUT2D eigenvalue weighted by Crippen LogP contribution is 2.32. The lowest BCUT2D eigenvalue weighted by atomic mass is 9.91. The smallest absolute Gasteiger partial charge is 0.267 e. The molecule has 0 radical (unpaired) electrons. The first-order valence-corrected chi connectivity index (χ1v) is 11.9. The first-order chi connectivity index (χ1) is 15.3. The summed E-state index contributed by atoms with van der Waals surface area (Å²) in [5, 5.41) is 9.44.